The Bertz CT molecular complexity index is 1740. The highest BCUT2D eigenvalue weighted by Crippen LogP contribution is 2.26. The van der Waals surface area contributed by atoms with E-state index in [1.165, 1.54) is 0 Å². The number of thioether (sulfide) groups is 1. The van der Waals surface area contributed by atoms with E-state index < -0.39 is 17.7 Å². The standard InChI is InChI=1S/C35H37N3O3S/c1-35(2,3)37-34(41)27-13-8-7-12-25(27)21-32(39)30(22-42-26-17-16-23-10-5-6-11-24(23)20-26)36-33(40)29-14-9-15-31-28(29)18-19-38(31)4/h5-20,30,32,39H,21-22H2,1-4H3,(H,36,40)(H,37,41). The molecule has 42 heavy (non-hydrogen) atoms. The van der Waals surface area contributed by atoms with Gasteiger partial charge >= 0.3 is 0 Å². The molecule has 2 unspecified atom stereocenters. The molecule has 2 atom stereocenters. The van der Waals surface area contributed by atoms with Crippen molar-refractivity contribution >= 4 is 45.3 Å². The van der Waals surface area contributed by atoms with Crippen LogP contribution in [-0.4, -0.2) is 44.9 Å². The van der Waals surface area contributed by atoms with E-state index in [0.29, 0.717) is 16.9 Å². The van der Waals surface area contributed by atoms with Gasteiger partial charge in [-0.05, 0) is 73.5 Å². The normalized spacial score (nSPS) is 13.2. The summed E-state index contributed by atoms with van der Waals surface area (Å²) < 4.78 is 1.98. The minimum Gasteiger partial charge on any atom is -0.391 e. The van der Waals surface area contributed by atoms with Gasteiger partial charge in [0.15, 0.2) is 0 Å². The summed E-state index contributed by atoms with van der Waals surface area (Å²) in [7, 11) is 1.95. The van der Waals surface area contributed by atoms with Gasteiger partial charge in [0.25, 0.3) is 11.8 Å². The lowest BCUT2D eigenvalue weighted by molar-refractivity contribution is 0.0851. The third-order valence-electron chi connectivity index (χ3n) is 7.28. The number of aliphatic hydroxyl groups is 1. The van der Waals surface area contributed by atoms with Crippen molar-refractivity contribution in [2.45, 2.75) is 49.8 Å². The van der Waals surface area contributed by atoms with Crippen LogP contribution in [0.2, 0.25) is 0 Å². The summed E-state index contributed by atoms with van der Waals surface area (Å²) >= 11 is 1.59. The van der Waals surface area contributed by atoms with E-state index in [2.05, 4.69) is 41.0 Å². The lowest BCUT2D eigenvalue weighted by Crippen LogP contribution is -2.46. The van der Waals surface area contributed by atoms with E-state index in [-0.39, 0.29) is 18.2 Å². The number of nitrogens with zero attached hydrogens (tertiary/aromatic N) is 1. The Labute approximate surface area is 251 Å². The highest BCUT2D eigenvalue weighted by Gasteiger charge is 2.26. The molecule has 0 radical (unpaired) electrons. The van der Waals surface area contributed by atoms with Crippen molar-refractivity contribution in [2.24, 2.45) is 7.05 Å². The maximum absolute atomic E-state index is 13.6. The number of amides is 2. The number of benzene rings is 4. The second-order valence-electron chi connectivity index (χ2n) is 11.7. The van der Waals surface area contributed by atoms with Crippen molar-refractivity contribution in [2.75, 3.05) is 5.75 Å². The molecule has 1 heterocycles. The van der Waals surface area contributed by atoms with Gasteiger partial charge in [-0.2, -0.15) is 0 Å². The minimum absolute atomic E-state index is 0.188. The van der Waals surface area contributed by atoms with Gasteiger partial charge in [-0.15, -0.1) is 11.8 Å². The molecule has 2 amide bonds. The number of fused-ring (bicyclic) bond motifs is 2. The molecule has 4 aromatic carbocycles. The molecule has 0 aliphatic heterocycles. The van der Waals surface area contributed by atoms with Gasteiger partial charge in [-0.3, -0.25) is 9.59 Å². The Hall–Kier alpha value is -4.07. The van der Waals surface area contributed by atoms with Gasteiger partial charge in [0, 0.05) is 57.9 Å². The fraction of sp³-hybridized carbons (Fsp3) is 0.257. The monoisotopic (exact) mass is 579 g/mol. The van der Waals surface area contributed by atoms with Crippen LogP contribution in [0.15, 0.2) is 102 Å². The number of aryl methyl sites for hydroxylation is 1. The highest BCUT2D eigenvalue weighted by molar-refractivity contribution is 7.99. The molecule has 0 fully saturated rings. The number of rotatable bonds is 9. The second-order valence-corrected chi connectivity index (χ2v) is 12.8. The zero-order valence-corrected chi connectivity index (χ0v) is 25.2. The molecule has 0 aliphatic rings. The van der Waals surface area contributed by atoms with Crippen LogP contribution in [0.1, 0.15) is 47.1 Å². The maximum Gasteiger partial charge on any atom is 0.252 e. The van der Waals surface area contributed by atoms with Gasteiger partial charge in [-0.25, -0.2) is 0 Å². The summed E-state index contributed by atoms with van der Waals surface area (Å²) in [5.41, 5.74) is 2.38. The Morgan fingerprint density at radius 2 is 1.57 bits per heavy atom. The smallest absolute Gasteiger partial charge is 0.252 e. The van der Waals surface area contributed by atoms with Gasteiger partial charge in [0.2, 0.25) is 0 Å². The molecule has 5 rings (SSSR count). The van der Waals surface area contributed by atoms with Gasteiger partial charge < -0.3 is 20.3 Å². The largest absolute Gasteiger partial charge is 0.391 e. The predicted octanol–water partition coefficient (Wildman–Crippen LogP) is 6.35. The van der Waals surface area contributed by atoms with E-state index in [1.807, 2.05) is 93.2 Å². The van der Waals surface area contributed by atoms with E-state index in [1.54, 1.807) is 17.8 Å². The van der Waals surface area contributed by atoms with Gasteiger partial charge in [0.05, 0.1) is 12.1 Å². The Morgan fingerprint density at radius 3 is 2.36 bits per heavy atom. The summed E-state index contributed by atoms with van der Waals surface area (Å²) in [4.78, 5) is 27.8. The Balaban J connectivity index is 1.41. The summed E-state index contributed by atoms with van der Waals surface area (Å²) in [5, 5.41) is 20.9. The zero-order chi connectivity index (χ0) is 29.9. The van der Waals surface area contributed by atoms with E-state index >= 15 is 0 Å². The van der Waals surface area contributed by atoms with Gasteiger partial charge in [0.1, 0.15) is 0 Å². The van der Waals surface area contributed by atoms with Crippen LogP contribution < -0.4 is 10.6 Å². The topological polar surface area (TPSA) is 83.4 Å². The van der Waals surface area contributed by atoms with Crippen LogP contribution >= 0.6 is 11.8 Å². The third kappa shape index (κ3) is 6.86. The number of aromatic nitrogens is 1. The van der Waals surface area contributed by atoms with Crippen molar-refractivity contribution in [3.05, 3.63) is 114 Å². The van der Waals surface area contributed by atoms with Crippen molar-refractivity contribution in [1.29, 1.82) is 0 Å². The molecule has 0 spiro atoms. The van der Waals surface area contributed by atoms with Crippen LogP contribution in [0.25, 0.3) is 21.7 Å². The summed E-state index contributed by atoms with van der Waals surface area (Å²) in [6, 6.07) is 28.8. The average molecular weight is 580 g/mol. The molecule has 0 aliphatic carbocycles. The molecule has 0 saturated heterocycles. The van der Waals surface area contributed by atoms with Crippen molar-refractivity contribution < 1.29 is 14.7 Å². The SMILES string of the molecule is Cn1ccc2c(C(=O)NC(CSc3ccc4ccccc4c3)C(O)Cc3ccccc3C(=O)NC(C)(C)C)cccc21. The van der Waals surface area contributed by atoms with E-state index in [9.17, 15) is 14.7 Å². The first-order valence-corrected chi connectivity index (χ1v) is 15.1. The highest BCUT2D eigenvalue weighted by atomic mass is 32.2. The van der Waals surface area contributed by atoms with Gasteiger partial charge in [-0.1, -0.05) is 54.6 Å². The van der Waals surface area contributed by atoms with Crippen LogP contribution in [0, 0.1) is 0 Å². The first kappa shape index (κ1) is 29.4. The molecular weight excluding hydrogens is 542 g/mol. The molecule has 1 aromatic heterocycles. The molecular formula is C35H37N3O3S. The van der Waals surface area contributed by atoms with Crippen molar-refractivity contribution in [1.82, 2.24) is 15.2 Å². The molecule has 0 bridgehead atoms. The lowest BCUT2D eigenvalue weighted by Gasteiger charge is -2.26. The van der Waals surface area contributed by atoms with E-state index in [0.717, 1.165) is 32.1 Å². The summed E-state index contributed by atoms with van der Waals surface area (Å²) in [5.74, 6) is 0.0210. The molecule has 5 aromatic rings. The molecule has 3 N–H and O–H groups in total. The van der Waals surface area contributed by atoms with E-state index in [4.69, 9.17) is 0 Å². The number of aliphatic hydroxyl groups excluding tert-OH is 1. The summed E-state index contributed by atoms with van der Waals surface area (Å²) in [6.07, 6.45) is 1.22. The summed E-state index contributed by atoms with van der Waals surface area (Å²) in [6.45, 7) is 5.81. The van der Waals surface area contributed by atoms with Crippen molar-refractivity contribution in [3.8, 4) is 0 Å². The average Bonchev–Trinajstić information content (AvgIpc) is 3.35. The number of carbonyl (C=O) groups is 2. The molecule has 0 saturated carbocycles. The number of carbonyl (C=O) groups excluding carboxylic acids is 2. The third-order valence-corrected chi connectivity index (χ3v) is 8.40. The Morgan fingerprint density at radius 1 is 0.857 bits per heavy atom. The van der Waals surface area contributed by atoms with Crippen LogP contribution in [0.3, 0.4) is 0 Å². The quantitative estimate of drug-likeness (QED) is 0.178. The number of hydrogen-bond donors (Lipinski definition) is 3. The second kappa shape index (κ2) is 12.4. The van der Waals surface area contributed by atoms with Crippen LogP contribution in [0.5, 0.6) is 0 Å². The molecule has 7 heteroatoms. The number of hydrogen-bond acceptors (Lipinski definition) is 4. The fourth-order valence-corrected chi connectivity index (χ4v) is 6.19. The zero-order valence-electron chi connectivity index (χ0n) is 24.4. The molecule has 6 nitrogen and oxygen atoms in total. The van der Waals surface area contributed by atoms with Crippen molar-refractivity contribution in [3.63, 3.8) is 0 Å². The van der Waals surface area contributed by atoms with Crippen LogP contribution in [0.4, 0.5) is 0 Å². The number of nitrogens with one attached hydrogen (secondary N) is 2. The molecule has 216 valence electrons. The fourth-order valence-electron chi connectivity index (χ4n) is 5.13. The first-order valence-electron chi connectivity index (χ1n) is 14.1. The minimum atomic E-state index is -0.930. The lowest BCUT2D eigenvalue weighted by atomic mass is 9.97. The Kier molecular flexibility index (Phi) is 8.71. The maximum atomic E-state index is 13.6. The van der Waals surface area contributed by atoms with Crippen LogP contribution in [-0.2, 0) is 13.5 Å². The first-order chi connectivity index (χ1) is 20.1. The predicted molar refractivity (Wildman–Crippen MR) is 172 cm³/mol.